The Balaban J connectivity index is 2.14. The van der Waals surface area contributed by atoms with E-state index in [9.17, 15) is 0 Å². The minimum atomic E-state index is 0.108. The van der Waals surface area contributed by atoms with Crippen molar-refractivity contribution in [2.45, 2.75) is 32.2 Å². The molecule has 114 valence electrons. The molecule has 6 heteroatoms. The molecule has 1 unspecified atom stereocenters. The van der Waals surface area contributed by atoms with Gasteiger partial charge in [0.15, 0.2) is 0 Å². The van der Waals surface area contributed by atoms with Crippen LogP contribution in [-0.4, -0.2) is 15.8 Å². The molecule has 0 saturated heterocycles. The van der Waals surface area contributed by atoms with Gasteiger partial charge in [0.1, 0.15) is 0 Å². The standard InChI is InChI=1S/C15H20BrClN4/c1-3-13-15(17)14(21(2)20-13)9-12(19-18)8-10-5-4-6-11(16)7-10/h4-7,12,19H,3,8-9,18H2,1-2H3. The third-order valence-corrected chi connectivity index (χ3v) is 4.48. The van der Waals surface area contributed by atoms with Crippen LogP contribution in [0.3, 0.4) is 0 Å². The molecule has 0 aliphatic rings. The first-order valence-electron chi connectivity index (χ1n) is 6.96. The fourth-order valence-corrected chi connectivity index (χ4v) is 3.23. The molecule has 2 aromatic rings. The normalized spacial score (nSPS) is 12.6. The summed E-state index contributed by atoms with van der Waals surface area (Å²) in [7, 11) is 1.92. The lowest BCUT2D eigenvalue weighted by atomic mass is 10.0. The van der Waals surface area contributed by atoms with Crippen molar-refractivity contribution in [3.63, 3.8) is 0 Å². The Morgan fingerprint density at radius 1 is 1.43 bits per heavy atom. The molecule has 1 heterocycles. The highest BCUT2D eigenvalue weighted by Gasteiger charge is 2.17. The van der Waals surface area contributed by atoms with E-state index < -0.39 is 0 Å². The number of hydrogen-bond donors (Lipinski definition) is 2. The van der Waals surface area contributed by atoms with Gasteiger partial charge >= 0.3 is 0 Å². The second kappa shape index (κ2) is 7.40. The van der Waals surface area contributed by atoms with Gasteiger partial charge in [-0.05, 0) is 30.5 Å². The number of aromatic nitrogens is 2. The van der Waals surface area contributed by atoms with Gasteiger partial charge in [-0.1, -0.05) is 46.6 Å². The Morgan fingerprint density at radius 2 is 2.19 bits per heavy atom. The van der Waals surface area contributed by atoms with Crippen molar-refractivity contribution in [3.05, 3.63) is 50.7 Å². The Bertz CT molecular complexity index is 612. The zero-order valence-corrected chi connectivity index (χ0v) is 14.6. The molecule has 0 saturated carbocycles. The average molecular weight is 372 g/mol. The predicted octanol–water partition coefficient (Wildman–Crippen LogP) is 3.02. The van der Waals surface area contributed by atoms with Crippen molar-refractivity contribution in [1.29, 1.82) is 0 Å². The summed E-state index contributed by atoms with van der Waals surface area (Å²) in [5.74, 6) is 5.71. The van der Waals surface area contributed by atoms with Crippen molar-refractivity contribution in [2.24, 2.45) is 12.9 Å². The molecule has 21 heavy (non-hydrogen) atoms. The minimum absolute atomic E-state index is 0.108. The summed E-state index contributed by atoms with van der Waals surface area (Å²) in [4.78, 5) is 0. The average Bonchev–Trinajstić information content (AvgIpc) is 2.73. The highest BCUT2D eigenvalue weighted by Crippen LogP contribution is 2.23. The predicted molar refractivity (Wildman–Crippen MR) is 90.3 cm³/mol. The molecule has 1 aromatic carbocycles. The summed E-state index contributed by atoms with van der Waals surface area (Å²) >= 11 is 9.89. The molecule has 0 radical (unpaired) electrons. The van der Waals surface area contributed by atoms with Crippen molar-refractivity contribution in [2.75, 3.05) is 0 Å². The maximum Gasteiger partial charge on any atom is 0.0850 e. The highest BCUT2D eigenvalue weighted by atomic mass is 79.9. The summed E-state index contributed by atoms with van der Waals surface area (Å²) in [5.41, 5.74) is 6.07. The number of nitrogens with zero attached hydrogens (tertiary/aromatic N) is 2. The van der Waals surface area contributed by atoms with Crippen LogP contribution in [0.2, 0.25) is 5.02 Å². The third-order valence-electron chi connectivity index (χ3n) is 3.55. The largest absolute Gasteiger partial charge is 0.271 e. The van der Waals surface area contributed by atoms with E-state index in [1.807, 2.05) is 23.9 Å². The van der Waals surface area contributed by atoms with Crippen molar-refractivity contribution < 1.29 is 0 Å². The Hall–Kier alpha value is -0.880. The van der Waals surface area contributed by atoms with Gasteiger partial charge in [-0.2, -0.15) is 5.10 Å². The summed E-state index contributed by atoms with van der Waals surface area (Å²) in [6.07, 6.45) is 2.41. The fourth-order valence-electron chi connectivity index (χ4n) is 2.41. The molecule has 2 rings (SSSR count). The first-order valence-corrected chi connectivity index (χ1v) is 8.13. The van der Waals surface area contributed by atoms with E-state index in [1.54, 1.807) is 0 Å². The van der Waals surface area contributed by atoms with Gasteiger partial charge in [-0.3, -0.25) is 16.0 Å². The minimum Gasteiger partial charge on any atom is -0.271 e. The topological polar surface area (TPSA) is 55.9 Å². The molecule has 0 fully saturated rings. The van der Waals surface area contributed by atoms with E-state index in [2.05, 4.69) is 45.5 Å². The number of nitrogens with one attached hydrogen (secondary N) is 1. The van der Waals surface area contributed by atoms with E-state index in [1.165, 1.54) is 5.56 Å². The van der Waals surface area contributed by atoms with Gasteiger partial charge in [0.25, 0.3) is 0 Å². The number of halogens is 2. The van der Waals surface area contributed by atoms with Gasteiger partial charge in [0.2, 0.25) is 0 Å². The van der Waals surface area contributed by atoms with Gasteiger partial charge in [-0.15, -0.1) is 0 Å². The van der Waals surface area contributed by atoms with E-state index in [0.717, 1.165) is 40.1 Å². The molecule has 1 atom stereocenters. The molecule has 0 spiro atoms. The van der Waals surface area contributed by atoms with Crippen LogP contribution >= 0.6 is 27.5 Å². The van der Waals surface area contributed by atoms with Gasteiger partial charge in [0, 0.05) is 24.0 Å². The molecule has 1 aromatic heterocycles. The summed E-state index contributed by atoms with van der Waals surface area (Å²) < 4.78 is 2.93. The summed E-state index contributed by atoms with van der Waals surface area (Å²) in [5, 5.41) is 5.20. The summed E-state index contributed by atoms with van der Waals surface area (Å²) in [6.45, 7) is 2.05. The van der Waals surface area contributed by atoms with Crippen LogP contribution in [0.4, 0.5) is 0 Å². The number of nitrogens with two attached hydrogens (primary N) is 1. The lowest BCUT2D eigenvalue weighted by molar-refractivity contribution is 0.505. The van der Waals surface area contributed by atoms with E-state index in [-0.39, 0.29) is 6.04 Å². The quantitative estimate of drug-likeness (QED) is 0.606. The van der Waals surface area contributed by atoms with Gasteiger partial charge < -0.3 is 0 Å². The van der Waals surface area contributed by atoms with Crippen LogP contribution in [0.1, 0.15) is 23.9 Å². The maximum atomic E-state index is 6.40. The number of hydrazine groups is 1. The zero-order chi connectivity index (χ0) is 15.4. The molecule has 3 N–H and O–H groups in total. The van der Waals surface area contributed by atoms with Crippen LogP contribution in [0.15, 0.2) is 28.7 Å². The smallest absolute Gasteiger partial charge is 0.0850 e. The van der Waals surface area contributed by atoms with Crippen LogP contribution in [0.5, 0.6) is 0 Å². The van der Waals surface area contributed by atoms with Crippen LogP contribution in [0.25, 0.3) is 0 Å². The van der Waals surface area contributed by atoms with Crippen molar-refractivity contribution >= 4 is 27.5 Å². The van der Waals surface area contributed by atoms with Crippen molar-refractivity contribution in [1.82, 2.24) is 15.2 Å². The number of aryl methyl sites for hydroxylation is 2. The van der Waals surface area contributed by atoms with E-state index in [0.29, 0.717) is 0 Å². The van der Waals surface area contributed by atoms with Gasteiger partial charge in [0.05, 0.1) is 16.4 Å². The highest BCUT2D eigenvalue weighted by molar-refractivity contribution is 9.10. The molecule has 4 nitrogen and oxygen atoms in total. The summed E-state index contributed by atoms with van der Waals surface area (Å²) in [6, 6.07) is 8.35. The number of rotatable bonds is 6. The SMILES string of the molecule is CCc1nn(C)c(CC(Cc2cccc(Br)c2)NN)c1Cl. The maximum absolute atomic E-state index is 6.40. The first kappa shape index (κ1) is 16.5. The first-order chi connectivity index (χ1) is 10.0. The number of hydrogen-bond acceptors (Lipinski definition) is 3. The lowest BCUT2D eigenvalue weighted by Crippen LogP contribution is -2.39. The number of benzene rings is 1. The second-order valence-electron chi connectivity index (χ2n) is 5.09. The van der Waals surface area contributed by atoms with E-state index >= 15 is 0 Å². The molecule has 0 amide bonds. The fraction of sp³-hybridized carbons (Fsp3) is 0.400. The zero-order valence-electron chi connectivity index (χ0n) is 12.2. The Kier molecular flexibility index (Phi) is 5.81. The monoisotopic (exact) mass is 370 g/mol. The molecule has 0 aliphatic heterocycles. The Labute approximate surface area is 138 Å². The lowest BCUT2D eigenvalue weighted by Gasteiger charge is -2.16. The second-order valence-corrected chi connectivity index (χ2v) is 6.38. The molecule has 0 bridgehead atoms. The van der Waals surface area contributed by atoms with Crippen LogP contribution < -0.4 is 11.3 Å². The molecular formula is C15H20BrClN4. The molecular weight excluding hydrogens is 352 g/mol. The molecule has 0 aliphatic carbocycles. The van der Waals surface area contributed by atoms with Crippen molar-refractivity contribution in [3.8, 4) is 0 Å². The van der Waals surface area contributed by atoms with E-state index in [4.69, 9.17) is 17.4 Å². The van der Waals surface area contributed by atoms with Crippen LogP contribution in [0, 0.1) is 0 Å². The Morgan fingerprint density at radius 3 is 2.76 bits per heavy atom. The van der Waals surface area contributed by atoms with Crippen LogP contribution in [-0.2, 0) is 26.3 Å². The third kappa shape index (κ3) is 4.07. The van der Waals surface area contributed by atoms with Gasteiger partial charge in [-0.25, -0.2) is 0 Å².